The Kier molecular flexibility index (Phi) is 10.8. The molecule has 7 heteroatoms. The van der Waals surface area contributed by atoms with Gasteiger partial charge < -0.3 is 11.1 Å². The van der Waals surface area contributed by atoms with E-state index in [9.17, 15) is 4.79 Å². The Bertz CT molecular complexity index is 1020. The van der Waals surface area contributed by atoms with Crippen molar-refractivity contribution in [2.75, 3.05) is 11.9 Å². The summed E-state index contributed by atoms with van der Waals surface area (Å²) in [5, 5.41) is 15.5. The lowest BCUT2D eigenvalue weighted by Gasteiger charge is -2.13. The maximum absolute atomic E-state index is 12.1. The first-order valence-electron chi connectivity index (χ1n) is 11.4. The van der Waals surface area contributed by atoms with Crippen LogP contribution in [0.4, 0.5) is 5.82 Å². The highest BCUT2D eigenvalue weighted by molar-refractivity contribution is 5.90. The molecule has 3 rings (SSSR count). The Morgan fingerprint density at radius 3 is 2.42 bits per heavy atom. The molecule has 33 heavy (non-hydrogen) atoms. The van der Waals surface area contributed by atoms with Crippen LogP contribution in [0.5, 0.6) is 0 Å². The fraction of sp³-hybridized carbons (Fsp3) is 0.385. The first-order valence-corrected chi connectivity index (χ1v) is 11.4. The number of aromatic nitrogens is 3. The lowest BCUT2D eigenvalue weighted by molar-refractivity contribution is -0.117. The molecule has 0 bridgehead atoms. The van der Waals surface area contributed by atoms with Gasteiger partial charge in [0.2, 0.25) is 5.91 Å². The van der Waals surface area contributed by atoms with E-state index in [1.807, 2.05) is 49.6 Å². The van der Waals surface area contributed by atoms with Crippen molar-refractivity contribution in [3.8, 4) is 17.2 Å². The normalized spacial score (nSPS) is 11.1. The predicted octanol–water partition coefficient (Wildman–Crippen LogP) is 4.70. The standard InChI is InChI=1S/C17H24N4O.C9H10N2/c1-4-6-13(5-2)9-17(22)20-16-8-7-14(10-18-16)15-11-19-21(3)12-15;10-6-5-8-1-3-9(7-11)4-2-8/h7-8,10-13H,4-6,9H2,1-3H3,(H,18,20,22);1-4H,5-6,10H2. The zero-order chi connectivity index (χ0) is 24.1. The van der Waals surface area contributed by atoms with Crippen LogP contribution in [0, 0.1) is 17.2 Å². The van der Waals surface area contributed by atoms with E-state index in [-0.39, 0.29) is 5.91 Å². The van der Waals surface area contributed by atoms with E-state index >= 15 is 0 Å². The van der Waals surface area contributed by atoms with Crippen molar-refractivity contribution in [2.24, 2.45) is 18.7 Å². The summed E-state index contributed by atoms with van der Waals surface area (Å²) in [5.74, 6) is 1.10. The number of benzene rings is 1. The minimum absolute atomic E-state index is 0.0435. The summed E-state index contributed by atoms with van der Waals surface area (Å²) >= 11 is 0. The second-order valence-electron chi connectivity index (χ2n) is 8.00. The molecule has 2 aromatic heterocycles. The number of rotatable bonds is 9. The number of hydrogen-bond acceptors (Lipinski definition) is 5. The van der Waals surface area contributed by atoms with E-state index in [1.165, 1.54) is 5.56 Å². The highest BCUT2D eigenvalue weighted by Gasteiger charge is 2.12. The monoisotopic (exact) mass is 446 g/mol. The van der Waals surface area contributed by atoms with Gasteiger partial charge in [0.15, 0.2) is 0 Å². The number of nitrogens with zero attached hydrogens (tertiary/aromatic N) is 4. The molecule has 0 fully saturated rings. The lowest BCUT2D eigenvalue weighted by Crippen LogP contribution is -2.16. The molecule has 3 N–H and O–H groups in total. The van der Waals surface area contributed by atoms with E-state index < -0.39 is 0 Å². The number of nitrogens with two attached hydrogens (primary N) is 1. The Labute approximate surface area is 196 Å². The van der Waals surface area contributed by atoms with Gasteiger partial charge in [-0.1, -0.05) is 45.2 Å². The third-order valence-corrected chi connectivity index (χ3v) is 5.33. The highest BCUT2D eigenvalue weighted by Crippen LogP contribution is 2.20. The average molecular weight is 447 g/mol. The average Bonchev–Trinajstić information content (AvgIpc) is 3.26. The van der Waals surface area contributed by atoms with Crippen molar-refractivity contribution in [1.29, 1.82) is 5.26 Å². The van der Waals surface area contributed by atoms with Crippen LogP contribution in [0.2, 0.25) is 0 Å². The first-order chi connectivity index (χ1) is 16.0. The van der Waals surface area contributed by atoms with Gasteiger partial charge >= 0.3 is 0 Å². The summed E-state index contributed by atoms with van der Waals surface area (Å²) in [6, 6.07) is 13.3. The number of carbonyl (C=O) groups excluding carboxylic acids is 1. The lowest BCUT2D eigenvalue weighted by atomic mass is 9.97. The molecule has 1 atom stereocenters. The van der Waals surface area contributed by atoms with Crippen LogP contribution >= 0.6 is 0 Å². The van der Waals surface area contributed by atoms with E-state index in [1.54, 1.807) is 17.1 Å². The van der Waals surface area contributed by atoms with Gasteiger partial charge in [-0.2, -0.15) is 10.4 Å². The molecule has 0 saturated heterocycles. The van der Waals surface area contributed by atoms with Crippen LogP contribution in [-0.2, 0) is 18.3 Å². The molecular weight excluding hydrogens is 412 g/mol. The van der Waals surface area contributed by atoms with E-state index in [0.29, 0.717) is 30.3 Å². The fourth-order valence-corrected chi connectivity index (χ4v) is 3.44. The van der Waals surface area contributed by atoms with Crippen molar-refractivity contribution >= 4 is 11.7 Å². The van der Waals surface area contributed by atoms with Crippen LogP contribution in [0.15, 0.2) is 55.0 Å². The van der Waals surface area contributed by atoms with Crippen molar-refractivity contribution < 1.29 is 4.79 Å². The molecule has 1 amide bonds. The van der Waals surface area contributed by atoms with Crippen molar-refractivity contribution in [1.82, 2.24) is 14.8 Å². The zero-order valence-electron chi connectivity index (χ0n) is 19.8. The minimum atomic E-state index is 0.0435. The number of anilines is 1. The largest absolute Gasteiger partial charge is 0.330 e. The summed E-state index contributed by atoms with van der Waals surface area (Å²) in [6.45, 7) is 4.94. The molecular formula is C26H34N6O. The van der Waals surface area contributed by atoms with Gasteiger partial charge in [0, 0.05) is 37.0 Å². The van der Waals surface area contributed by atoms with Crippen molar-refractivity contribution in [3.63, 3.8) is 0 Å². The van der Waals surface area contributed by atoms with Crippen LogP contribution in [0.25, 0.3) is 11.1 Å². The third-order valence-electron chi connectivity index (χ3n) is 5.33. The Balaban J connectivity index is 0.000000294. The summed E-state index contributed by atoms with van der Waals surface area (Å²) in [5.41, 5.74) is 9.26. The van der Waals surface area contributed by atoms with E-state index in [4.69, 9.17) is 11.0 Å². The molecule has 7 nitrogen and oxygen atoms in total. The Morgan fingerprint density at radius 2 is 1.91 bits per heavy atom. The maximum atomic E-state index is 12.1. The van der Waals surface area contributed by atoms with E-state index in [0.717, 1.165) is 36.8 Å². The van der Waals surface area contributed by atoms with Gasteiger partial charge in [0.25, 0.3) is 0 Å². The summed E-state index contributed by atoms with van der Waals surface area (Å²) in [6.07, 6.45) is 10.2. The smallest absolute Gasteiger partial charge is 0.225 e. The van der Waals surface area contributed by atoms with Gasteiger partial charge in [0.1, 0.15) is 5.82 Å². The second-order valence-corrected chi connectivity index (χ2v) is 8.00. The number of nitriles is 1. The molecule has 3 aromatic rings. The highest BCUT2D eigenvalue weighted by atomic mass is 16.1. The molecule has 0 aliphatic heterocycles. The maximum Gasteiger partial charge on any atom is 0.225 e. The minimum Gasteiger partial charge on any atom is -0.330 e. The summed E-state index contributed by atoms with van der Waals surface area (Å²) in [4.78, 5) is 16.4. The van der Waals surface area contributed by atoms with Crippen LogP contribution in [-0.4, -0.2) is 27.2 Å². The van der Waals surface area contributed by atoms with Crippen LogP contribution < -0.4 is 11.1 Å². The molecule has 0 aliphatic rings. The van der Waals surface area contributed by atoms with Gasteiger partial charge in [-0.05, 0) is 48.7 Å². The number of hydrogen-bond donors (Lipinski definition) is 2. The van der Waals surface area contributed by atoms with Crippen molar-refractivity contribution in [3.05, 3.63) is 66.1 Å². The molecule has 0 saturated carbocycles. The second kappa shape index (κ2) is 13.8. The molecule has 0 radical (unpaired) electrons. The van der Waals surface area contributed by atoms with Gasteiger partial charge in [-0.15, -0.1) is 0 Å². The van der Waals surface area contributed by atoms with Crippen molar-refractivity contribution in [2.45, 2.75) is 46.0 Å². The molecule has 2 heterocycles. The topological polar surface area (TPSA) is 110 Å². The van der Waals surface area contributed by atoms with Gasteiger partial charge in [-0.3, -0.25) is 9.48 Å². The summed E-state index contributed by atoms with van der Waals surface area (Å²) in [7, 11) is 1.88. The number of nitrogens with one attached hydrogen (secondary N) is 1. The molecule has 1 aromatic carbocycles. The molecule has 0 aliphatic carbocycles. The number of carbonyl (C=O) groups is 1. The molecule has 0 spiro atoms. The summed E-state index contributed by atoms with van der Waals surface area (Å²) < 4.78 is 1.75. The van der Waals surface area contributed by atoms with Gasteiger partial charge in [0.05, 0.1) is 17.8 Å². The van der Waals surface area contributed by atoms with Crippen LogP contribution in [0.3, 0.4) is 0 Å². The zero-order valence-corrected chi connectivity index (χ0v) is 19.8. The number of amides is 1. The fourth-order valence-electron chi connectivity index (χ4n) is 3.44. The Hall–Kier alpha value is -3.50. The quantitative estimate of drug-likeness (QED) is 0.495. The van der Waals surface area contributed by atoms with Gasteiger partial charge in [-0.25, -0.2) is 4.98 Å². The SMILES string of the molecule is CCCC(CC)CC(=O)Nc1ccc(-c2cnn(C)c2)cn1.N#Cc1ccc(CCN)cc1. The first kappa shape index (κ1) is 25.8. The molecule has 174 valence electrons. The Morgan fingerprint density at radius 1 is 1.15 bits per heavy atom. The number of pyridine rings is 1. The number of aryl methyl sites for hydroxylation is 1. The van der Waals surface area contributed by atoms with Crippen LogP contribution in [0.1, 0.15) is 50.7 Å². The predicted molar refractivity (Wildman–Crippen MR) is 132 cm³/mol. The third kappa shape index (κ3) is 8.87. The van der Waals surface area contributed by atoms with E-state index in [2.05, 4.69) is 35.3 Å². The molecule has 1 unspecified atom stereocenters.